The first-order valence-corrected chi connectivity index (χ1v) is 5.01. The van der Waals surface area contributed by atoms with Crippen molar-refractivity contribution in [3.63, 3.8) is 0 Å². The first-order valence-electron chi connectivity index (χ1n) is 5.01. The number of aryl methyl sites for hydroxylation is 1. The van der Waals surface area contributed by atoms with Crippen LogP contribution in [-0.2, 0) is 0 Å². The predicted octanol–water partition coefficient (Wildman–Crippen LogP) is 2.77. The highest BCUT2D eigenvalue weighted by Gasteiger charge is 2.10. The van der Waals surface area contributed by atoms with Gasteiger partial charge in [0.1, 0.15) is 5.76 Å². The van der Waals surface area contributed by atoms with E-state index in [4.69, 9.17) is 9.52 Å². The molecular formula is C13H10O4. The maximum Gasteiger partial charge on any atom is 0.335 e. The summed E-state index contributed by atoms with van der Waals surface area (Å²) >= 11 is 0. The highest BCUT2D eigenvalue weighted by Crippen LogP contribution is 2.26. The Morgan fingerprint density at radius 2 is 2.06 bits per heavy atom. The lowest BCUT2D eigenvalue weighted by Gasteiger charge is -2.03. The van der Waals surface area contributed by atoms with Gasteiger partial charge in [-0.3, -0.25) is 4.79 Å². The van der Waals surface area contributed by atoms with Crippen LogP contribution in [0, 0.1) is 6.92 Å². The summed E-state index contributed by atoms with van der Waals surface area (Å²) < 4.78 is 5.27. The Labute approximate surface area is 97.5 Å². The van der Waals surface area contributed by atoms with Gasteiger partial charge in [-0.05, 0) is 36.8 Å². The number of aromatic carboxylic acids is 1. The average molecular weight is 230 g/mol. The number of benzene rings is 1. The molecule has 0 bridgehead atoms. The molecule has 4 nitrogen and oxygen atoms in total. The zero-order chi connectivity index (χ0) is 12.4. The van der Waals surface area contributed by atoms with Crippen LogP contribution in [0.5, 0.6) is 0 Å². The summed E-state index contributed by atoms with van der Waals surface area (Å²) in [6.45, 7) is 1.85. The minimum atomic E-state index is -0.992. The van der Waals surface area contributed by atoms with Gasteiger partial charge in [-0.15, -0.1) is 0 Å². The number of carbonyl (C=O) groups is 2. The molecule has 0 saturated heterocycles. The zero-order valence-electron chi connectivity index (χ0n) is 9.14. The van der Waals surface area contributed by atoms with Gasteiger partial charge < -0.3 is 9.52 Å². The van der Waals surface area contributed by atoms with Gasteiger partial charge in [-0.25, -0.2) is 4.79 Å². The Balaban J connectivity index is 2.53. The summed E-state index contributed by atoms with van der Waals surface area (Å²) in [5.41, 5.74) is 1.76. The Hall–Kier alpha value is -2.36. The molecule has 0 saturated carbocycles. The van der Waals surface area contributed by atoms with E-state index in [0.717, 1.165) is 5.56 Å². The van der Waals surface area contributed by atoms with Crippen LogP contribution in [0.2, 0.25) is 0 Å². The molecule has 86 valence electrons. The van der Waals surface area contributed by atoms with Gasteiger partial charge in [0.25, 0.3) is 0 Å². The lowest BCUT2D eigenvalue weighted by Crippen LogP contribution is -1.96. The normalized spacial score (nSPS) is 10.2. The van der Waals surface area contributed by atoms with Crippen molar-refractivity contribution in [2.75, 3.05) is 0 Å². The van der Waals surface area contributed by atoms with E-state index in [-0.39, 0.29) is 11.3 Å². The monoisotopic (exact) mass is 230 g/mol. The molecule has 0 aliphatic heterocycles. The van der Waals surface area contributed by atoms with Crippen LogP contribution in [0.25, 0.3) is 11.3 Å². The van der Waals surface area contributed by atoms with Crippen LogP contribution in [0.3, 0.4) is 0 Å². The van der Waals surface area contributed by atoms with Crippen LogP contribution >= 0.6 is 0 Å². The smallest absolute Gasteiger partial charge is 0.335 e. The van der Waals surface area contributed by atoms with Gasteiger partial charge >= 0.3 is 5.97 Å². The number of hydrogen-bond donors (Lipinski definition) is 1. The highest BCUT2D eigenvalue weighted by atomic mass is 16.4. The molecule has 0 aliphatic carbocycles. The molecule has 2 rings (SSSR count). The first-order chi connectivity index (χ1) is 8.11. The van der Waals surface area contributed by atoms with Crippen LogP contribution in [0.15, 0.2) is 34.7 Å². The molecular weight excluding hydrogens is 220 g/mol. The van der Waals surface area contributed by atoms with Gasteiger partial charge in [0.05, 0.1) is 5.56 Å². The van der Waals surface area contributed by atoms with E-state index in [0.29, 0.717) is 17.6 Å². The Bertz CT molecular complexity index is 581. The number of rotatable bonds is 3. The maximum atomic E-state index is 10.9. The zero-order valence-corrected chi connectivity index (χ0v) is 9.14. The summed E-state index contributed by atoms with van der Waals surface area (Å²) in [6.07, 6.45) is 0.611. The van der Waals surface area contributed by atoms with Crippen molar-refractivity contribution in [1.82, 2.24) is 0 Å². The average Bonchev–Trinajstić information content (AvgIpc) is 2.77. The van der Waals surface area contributed by atoms with Gasteiger partial charge in [0.15, 0.2) is 12.0 Å². The van der Waals surface area contributed by atoms with Crippen molar-refractivity contribution in [3.8, 4) is 11.3 Å². The van der Waals surface area contributed by atoms with Crippen molar-refractivity contribution in [1.29, 1.82) is 0 Å². The number of furan rings is 1. The molecule has 0 fully saturated rings. The standard InChI is InChI=1S/C13H10O4/c1-8-2-3-9(13(15)16)6-11(8)12-5-4-10(7-14)17-12/h2-7H,1H3,(H,15,16). The predicted molar refractivity (Wildman–Crippen MR) is 61.2 cm³/mol. The van der Waals surface area contributed by atoms with Crippen molar-refractivity contribution >= 4 is 12.3 Å². The Kier molecular flexibility index (Phi) is 2.78. The minimum absolute atomic E-state index is 0.189. The molecule has 0 radical (unpaired) electrons. The largest absolute Gasteiger partial charge is 0.478 e. The lowest BCUT2D eigenvalue weighted by atomic mass is 10.0. The van der Waals surface area contributed by atoms with E-state index >= 15 is 0 Å². The molecule has 0 atom stereocenters. The van der Waals surface area contributed by atoms with Crippen molar-refractivity contribution < 1.29 is 19.1 Å². The third-order valence-electron chi connectivity index (χ3n) is 2.49. The third-order valence-corrected chi connectivity index (χ3v) is 2.49. The van der Waals surface area contributed by atoms with Crippen LogP contribution < -0.4 is 0 Å². The van der Waals surface area contributed by atoms with E-state index in [1.165, 1.54) is 12.1 Å². The molecule has 1 aromatic heterocycles. The molecule has 0 unspecified atom stereocenters. The second-order valence-corrected chi connectivity index (χ2v) is 3.65. The Morgan fingerprint density at radius 3 is 2.65 bits per heavy atom. The van der Waals surface area contributed by atoms with Crippen LogP contribution in [-0.4, -0.2) is 17.4 Å². The van der Waals surface area contributed by atoms with Crippen molar-refractivity contribution in [2.45, 2.75) is 6.92 Å². The summed E-state index contributed by atoms with van der Waals surface area (Å²) in [5.74, 6) is -0.277. The molecule has 2 aromatic rings. The molecule has 1 heterocycles. The molecule has 4 heteroatoms. The molecule has 0 amide bonds. The fourth-order valence-electron chi connectivity index (χ4n) is 1.58. The van der Waals surface area contributed by atoms with E-state index < -0.39 is 5.97 Å². The summed E-state index contributed by atoms with van der Waals surface area (Å²) in [6, 6.07) is 7.98. The fourth-order valence-corrected chi connectivity index (χ4v) is 1.58. The highest BCUT2D eigenvalue weighted by molar-refractivity contribution is 5.89. The second-order valence-electron chi connectivity index (χ2n) is 3.65. The molecule has 1 aromatic carbocycles. The van der Waals surface area contributed by atoms with E-state index in [1.807, 2.05) is 6.92 Å². The van der Waals surface area contributed by atoms with Crippen LogP contribution in [0.4, 0.5) is 0 Å². The van der Waals surface area contributed by atoms with Crippen molar-refractivity contribution in [3.05, 3.63) is 47.2 Å². The summed E-state index contributed by atoms with van der Waals surface area (Å²) in [7, 11) is 0. The van der Waals surface area contributed by atoms with E-state index in [1.54, 1.807) is 18.2 Å². The number of carbonyl (C=O) groups excluding carboxylic acids is 1. The number of aldehydes is 1. The molecule has 0 spiro atoms. The number of carboxylic acids is 1. The number of carboxylic acid groups (broad SMARTS) is 1. The van der Waals surface area contributed by atoms with E-state index in [2.05, 4.69) is 0 Å². The van der Waals surface area contributed by atoms with E-state index in [9.17, 15) is 9.59 Å². The third kappa shape index (κ3) is 2.10. The van der Waals surface area contributed by atoms with Gasteiger partial charge in [-0.2, -0.15) is 0 Å². The van der Waals surface area contributed by atoms with Gasteiger partial charge in [-0.1, -0.05) is 6.07 Å². The molecule has 0 aliphatic rings. The van der Waals surface area contributed by atoms with Crippen molar-refractivity contribution in [2.24, 2.45) is 0 Å². The minimum Gasteiger partial charge on any atom is -0.478 e. The fraction of sp³-hybridized carbons (Fsp3) is 0.0769. The number of hydrogen-bond acceptors (Lipinski definition) is 3. The first kappa shape index (κ1) is 11.1. The molecule has 17 heavy (non-hydrogen) atoms. The second kappa shape index (κ2) is 4.25. The van der Waals surface area contributed by atoms with Gasteiger partial charge in [0, 0.05) is 5.56 Å². The topological polar surface area (TPSA) is 67.5 Å². The SMILES string of the molecule is Cc1ccc(C(=O)O)cc1-c1ccc(C=O)o1. The summed E-state index contributed by atoms with van der Waals surface area (Å²) in [4.78, 5) is 21.4. The Morgan fingerprint density at radius 1 is 1.29 bits per heavy atom. The summed E-state index contributed by atoms with van der Waals surface area (Å²) in [5, 5.41) is 8.91. The quantitative estimate of drug-likeness (QED) is 0.823. The maximum absolute atomic E-state index is 10.9. The van der Waals surface area contributed by atoms with Crippen LogP contribution in [0.1, 0.15) is 26.5 Å². The molecule has 1 N–H and O–H groups in total. The lowest BCUT2D eigenvalue weighted by molar-refractivity contribution is 0.0696. The van der Waals surface area contributed by atoms with Gasteiger partial charge in [0.2, 0.25) is 0 Å².